The fraction of sp³-hybridized carbons (Fsp3) is 0.345. The molecule has 1 amide bonds. The van der Waals surface area contributed by atoms with Crippen LogP contribution in [0.5, 0.6) is 17.2 Å². The van der Waals surface area contributed by atoms with Crippen LogP contribution in [-0.4, -0.2) is 34.8 Å². The highest BCUT2D eigenvalue weighted by atomic mass is 16.3. The Kier molecular flexibility index (Phi) is 8.28. The first-order chi connectivity index (χ1) is 16.6. The lowest BCUT2D eigenvalue weighted by molar-refractivity contribution is 0.0994. The van der Waals surface area contributed by atoms with E-state index in [1.54, 1.807) is 24.1 Å². The maximum Gasteiger partial charge on any atom is 0.260 e. The third-order valence-electron chi connectivity index (χ3n) is 6.25. The minimum absolute atomic E-state index is 0.0504. The number of amides is 1. The summed E-state index contributed by atoms with van der Waals surface area (Å²) in [6.45, 7) is 8.79. The number of carbonyl (C=O) groups excluding carboxylic acids is 1. The van der Waals surface area contributed by atoms with Crippen molar-refractivity contribution in [3.05, 3.63) is 70.8 Å². The third kappa shape index (κ3) is 6.07. The van der Waals surface area contributed by atoms with Gasteiger partial charge in [-0.05, 0) is 65.5 Å². The molecule has 6 nitrogen and oxygen atoms in total. The third-order valence-corrected chi connectivity index (χ3v) is 6.25. The Balaban J connectivity index is 1.88. The van der Waals surface area contributed by atoms with E-state index >= 15 is 0 Å². The molecule has 186 valence electrons. The second-order valence-corrected chi connectivity index (χ2v) is 9.44. The maximum atomic E-state index is 13.2. The Hall–Kier alpha value is -3.67. The van der Waals surface area contributed by atoms with Gasteiger partial charge >= 0.3 is 0 Å². The predicted octanol–water partition coefficient (Wildman–Crippen LogP) is 6.95. The number of aromatic hydroxyl groups is 3. The van der Waals surface area contributed by atoms with Gasteiger partial charge in [0.2, 0.25) is 0 Å². The Labute approximate surface area is 208 Å². The van der Waals surface area contributed by atoms with E-state index in [0.29, 0.717) is 29.2 Å². The van der Waals surface area contributed by atoms with Gasteiger partial charge in [-0.15, -0.1) is 0 Å². The summed E-state index contributed by atoms with van der Waals surface area (Å²) in [5.74, 6) is -0.698. The standard InChI is InChI=1S/C29H36N2O4/c1-19(2)9-6-10-20(3)11-7-12-21(4)15-16-31-27-23(13-8-14-25(27)33)29(35)30(5)24-17-22(32)18-26(34)28(24)31/h8-9,11,13-15,17-18,32-34H,6-7,10,12,16H2,1-5H3/b20-11+,21-15+. The number of benzene rings is 2. The molecule has 1 heterocycles. The molecule has 35 heavy (non-hydrogen) atoms. The molecule has 3 rings (SSSR count). The number of allylic oxidation sites excluding steroid dienone is 5. The molecule has 1 aliphatic heterocycles. The van der Waals surface area contributed by atoms with E-state index in [9.17, 15) is 20.1 Å². The average Bonchev–Trinajstić information content (AvgIpc) is 2.87. The SMILES string of the molecule is CC(C)=CCC/C(C)=C/CC/C(C)=C/CN1c2c(O)cccc2C(=O)N(C)c2cc(O)cc(O)c21. The summed E-state index contributed by atoms with van der Waals surface area (Å²) in [5.41, 5.74) is 5.27. The van der Waals surface area contributed by atoms with Gasteiger partial charge in [0.15, 0.2) is 0 Å². The molecule has 0 atom stereocenters. The van der Waals surface area contributed by atoms with Gasteiger partial charge < -0.3 is 25.1 Å². The van der Waals surface area contributed by atoms with Crippen molar-refractivity contribution in [3.63, 3.8) is 0 Å². The number of hydrogen-bond acceptors (Lipinski definition) is 5. The molecule has 6 heteroatoms. The predicted molar refractivity (Wildman–Crippen MR) is 143 cm³/mol. The van der Waals surface area contributed by atoms with Crippen LogP contribution in [0, 0.1) is 0 Å². The Morgan fingerprint density at radius 2 is 1.51 bits per heavy atom. The molecule has 0 saturated heterocycles. The average molecular weight is 477 g/mol. The summed E-state index contributed by atoms with van der Waals surface area (Å²) >= 11 is 0. The lowest BCUT2D eigenvalue weighted by Gasteiger charge is -2.27. The molecule has 0 bridgehead atoms. The Morgan fingerprint density at radius 3 is 2.20 bits per heavy atom. The topological polar surface area (TPSA) is 84.2 Å². The first-order valence-electron chi connectivity index (χ1n) is 12.0. The van der Waals surface area contributed by atoms with Gasteiger partial charge in [0.25, 0.3) is 5.91 Å². The molecule has 0 aliphatic carbocycles. The monoisotopic (exact) mass is 476 g/mol. The van der Waals surface area contributed by atoms with Crippen molar-refractivity contribution >= 4 is 23.0 Å². The molecule has 2 aromatic rings. The normalized spacial score (nSPS) is 13.9. The highest BCUT2D eigenvalue weighted by Crippen LogP contribution is 2.49. The molecular formula is C29H36N2O4. The van der Waals surface area contributed by atoms with E-state index in [1.807, 2.05) is 0 Å². The minimum Gasteiger partial charge on any atom is -0.508 e. The van der Waals surface area contributed by atoms with Crippen LogP contribution in [0.15, 0.2) is 65.3 Å². The number of fused-ring (bicyclic) bond motifs is 2. The van der Waals surface area contributed by atoms with Crippen LogP contribution in [0.25, 0.3) is 0 Å². The summed E-state index contributed by atoms with van der Waals surface area (Å²) in [4.78, 5) is 16.3. The smallest absolute Gasteiger partial charge is 0.260 e. The molecule has 0 radical (unpaired) electrons. The molecule has 2 aromatic carbocycles. The van der Waals surface area contributed by atoms with Crippen LogP contribution in [0.1, 0.15) is 63.7 Å². The van der Waals surface area contributed by atoms with Crippen LogP contribution < -0.4 is 9.80 Å². The van der Waals surface area contributed by atoms with Crippen molar-refractivity contribution in [2.45, 2.75) is 53.4 Å². The number of phenols is 3. The molecule has 3 N–H and O–H groups in total. The van der Waals surface area contributed by atoms with Gasteiger partial charge in [-0.1, -0.05) is 41.0 Å². The lowest BCUT2D eigenvalue weighted by atomic mass is 10.1. The zero-order valence-corrected chi connectivity index (χ0v) is 21.3. The fourth-order valence-electron chi connectivity index (χ4n) is 4.28. The van der Waals surface area contributed by atoms with Crippen LogP contribution in [0.4, 0.5) is 17.1 Å². The van der Waals surface area contributed by atoms with Crippen molar-refractivity contribution in [2.24, 2.45) is 0 Å². The van der Waals surface area contributed by atoms with Crippen molar-refractivity contribution in [2.75, 3.05) is 23.4 Å². The number of nitrogens with zero attached hydrogens (tertiary/aromatic N) is 2. The molecule has 0 fully saturated rings. The second-order valence-electron chi connectivity index (χ2n) is 9.44. The van der Waals surface area contributed by atoms with Crippen LogP contribution in [0.2, 0.25) is 0 Å². The lowest BCUT2D eigenvalue weighted by Crippen LogP contribution is -2.25. The summed E-state index contributed by atoms with van der Waals surface area (Å²) in [5, 5.41) is 31.6. The molecule has 0 saturated carbocycles. The number of para-hydroxylation sites is 1. The zero-order chi connectivity index (χ0) is 25.7. The highest BCUT2D eigenvalue weighted by molar-refractivity contribution is 6.15. The van der Waals surface area contributed by atoms with E-state index in [2.05, 4.69) is 45.9 Å². The molecule has 0 aromatic heterocycles. The van der Waals surface area contributed by atoms with E-state index in [1.165, 1.54) is 39.8 Å². The van der Waals surface area contributed by atoms with Gasteiger partial charge in [-0.25, -0.2) is 0 Å². The quantitative estimate of drug-likeness (QED) is 0.359. The Morgan fingerprint density at radius 1 is 0.857 bits per heavy atom. The van der Waals surface area contributed by atoms with Crippen molar-refractivity contribution in [1.82, 2.24) is 0 Å². The van der Waals surface area contributed by atoms with E-state index in [0.717, 1.165) is 25.7 Å². The highest BCUT2D eigenvalue weighted by Gasteiger charge is 2.33. The van der Waals surface area contributed by atoms with Gasteiger partial charge in [0, 0.05) is 25.7 Å². The zero-order valence-electron chi connectivity index (χ0n) is 21.3. The number of hydrogen-bond donors (Lipinski definition) is 3. The second kappa shape index (κ2) is 11.2. The minimum atomic E-state index is -0.334. The summed E-state index contributed by atoms with van der Waals surface area (Å²) in [6.07, 6.45) is 10.5. The molecular weight excluding hydrogens is 440 g/mol. The molecule has 0 unspecified atom stereocenters. The summed E-state index contributed by atoms with van der Waals surface area (Å²) < 4.78 is 0. The first kappa shape index (κ1) is 25.9. The fourth-order valence-corrected chi connectivity index (χ4v) is 4.28. The first-order valence-corrected chi connectivity index (χ1v) is 12.0. The van der Waals surface area contributed by atoms with Crippen molar-refractivity contribution in [1.29, 1.82) is 0 Å². The molecule has 0 spiro atoms. The van der Waals surface area contributed by atoms with Gasteiger partial charge in [-0.2, -0.15) is 0 Å². The number of anilines is 3. The molecule has 1 aliphatic rings. The van der Waals surface area contributed by atoms with Crippen molar-refractivity contribution in [3.8, 4) is 17.2 Å². The number of phenolic OH excluding ortho intramolecular Hbond substituents is 3. The largest absolute Gasteiger partial charge is 0.508 e. The van der Waals surface area contributed by atoms with E-state index in [4.69, 9.17) is 0 Å². The maximum absolute atomic E-state index is 13.2. The Bertz CT molecular complexity index is 1190. The van der Waals surface area contributed by atoms with E-state index in [-0.39, 0.29) is 23.2 Å². The van der Waals surface area contributed by atoms with Gasteiger partial charge in [0.1, 0.15) is 22.9 Å². The van der Waals surface area contributed by atoms with Crippen molar-refractivity contribution < 1.29 is 20.1 Å². The van der Waals surface area contributed by atoms with Crippen LogP contribution in [-0.2, 0) is 0 Å². The van der Waals surface area contributed by atoms with Gasteiger partial charge in [0.05, 0.1) is 16.9 Å². The number of carbonyl (C=O) groups is 1. The van der Waals surface area contributed by atoms with E-state index < -0.39 is 0 Å². The van der Waals surface area contributed by atoms with Crippen LogP contribution >= 0.6 is 0 Å². The van der Waals surface area contributed by atoms with Crippen LogP contribution in [0.3, 0.4) is 0 Å². The van der Waals surface area contributed by atoms with Gasteiger partial charge in [-0.3, -0.25) is 4.79 Å². The number of rotatable bonds is 8. The summed E-state index contributed by atoms with van der Waals surface area (Å²) in [7, 11) is 1.59. The summed E-state index contributed by atoms with van der Waals surface area (Å²) in [6, 6.07) is 7.50.